The molecule has 0 amide bonds. The summed E-state index contributed by atoms with van der Waals surface area (Å²) in [4.78, 5) is 11.3. The van der Waals surface area contributed by atoms with Gasteiger partial charge in [-0.2, -0.15) is 0 Å². The monoisotopic (exact) mass is 333 g/mol. The van der Waals surface area contributed by atoms with Gasteiger partial charge >= 0.3 is 12.3 Å². The van der Waals surface area contributed by atoms with Crippen molar-refractivity contribution in [3.63, 3.8) is 0 Å². The third-order valence-electron chi connectivity index (χ3n) is 3.03. The van der Waals surface area contributed by atoms with Crippen LogP contribution < -0.4 is 4.74 Å². The van der Waals surface area contributed by atoms with Crippen molar-refractivity contribution in [1.29, 1.82) is 0 Å². The molecule has 0 saturated heterocycles. The topological polar surface area (TPSA) is 80.9 Å². The van der Waals surface area contributed by atoms with Crippen molar-refractivity contribution in [1.82, 2.24) is 4.57 Å². The Kier molecular flexibility index (Phi) is 5.12. The fourth-order valence-electron chi connectivity index (χ4n) is 2.21. The molecule has 0 unspecified atom stereocenters. The molecule has 0 atom stereocenters. The second-order valence-electron chi connectivity index (χ2n) is 4.58. The normalized spacial score (nSPS) is 11.8. The third kappa shape index (κ3) is 4.14. The van der Waals surface area contributed by atoms with E-state index in [4.69, 9.17) is 9.84 Å². The summed E-state index contributed by atoms with van der Waals surface area (Å²) >= 11 is 0. The van der Waals surface area contributed by atoms with Crippen molar-refractivity contribution < 1.29 is 37.7 Å². The maximum atomic E-state index is 12.5. The fraction of sp³-hybridized carbons (Fsp3) is 0.357. The van der Waals surface area contributed by atoms with E-state index >= 15 is 0 Å². The maximum absolute atomic E-state index is 12.5. The number of halogens is 3. The van der Waals surface area contributed by atoms with Crippen LogP contribution in [0.4, 0.5) is 13.2 Å². The number of ether oxygens (including phenoxy) is 2. The van der Waals surface area contributed by atoms with Gasteiger partial charge in [0.15, 0.2) is 5.75 Å². The number of aliphatic hydroxyl groups excluding tert-OH is 1. The van der Waals surface area contributed by atoms with Crippen LogP contribution in [0.2, 0.25) is 0 Å². The van der Waals surface area contributed by atoms with Crippen LogP contribution in [-0.2, 0) is 11.3 Å². The molecule has 1 heterocycles. The molecule has 0 saturated carbocycles. The zero-order valence-corrected chi connectivity index (χ0v) is 11.8. The first kappa shape index (κ1) is 17.1. The largest absolute Gasteiger partial charge is 0.573 e. The van der Waals surface area contributed by atoms with Gasteiger partial charge in [0, 0.05) is 18.1 Å². The summed E-state index contributed by atoms with van der Waals surface area (Å²) in [7, 11) is 0. The van der Waals surface area contributed by atoms with E-state index in [-0.39, 0.29) is 42.8 Å². The number of fused-ring (bicyclic) bond motifs is 1. The van der Waals surface area contributed by atoms with E-state index in [1.807, 2.05) is 0 Å². The Morgan fingerprint density at radius 1 is 1.26 bits per heavy atom. The number of carboxylic acids is 1. The van der Waals surface area contributed by atoms with Crippen LogP contribution in [0.15, 0.2) is 24.4 Å². The summed E-state index contributed by atoms with van der Waals surface area (Å²) in [6, 6.07) is 3.82. The lowest BCUT2D eigenvalue weighted by Gasteiger charge is -2.12. The highest BCUT2D eigenvalue weighted by molar-refractivity contribution is 6.05. The van der Waals surface area contributed by atoms with Gasteiger partial charge in [0.25, 0.3) is 0 Å². The van der Waals surface area contributed by atoms with Gasteiger partial charge in [0.1, 0.15) is 0 Å². The molecule has 1 aromatic heterocycles. The predicted octanol–water partition coefficient (Wildman–Crippen LogP) is 2.25. The summed E-state index contributed by atoms with van der Waals surface area (Å²) in [5.74, 6) is -1.74. The summed E-state index contributed by atoms with van der Waals surface area (Å²) < 4.78 is 47.9. The van der Waals surface area contributed by atoms with Gasteiger partial charge in [-0.25, -0.2) is 4.79 Å². The van der Waals surface area contributed by atoms with Crippen LogP contribution in [0.25, 0.3) is 10.9 Å². The highest BCUT2D eigenvalue weighted by Crippen LogP contribution is 2.33. The number of hydrogen-bond acceptors (Lipinski definition) is 4. The average Bonchev–Trinajstić information content (AvgIpc) is 2.82. The summed E-state index contributed by atoms with van der Waals surface area (Å²) in [6.07, 6.45) is -3.65. The number of para-hydroxylation sites is 1. The van der Waals surface area contributed by atoms with E-state index < -0.39 is 18.1 Å². The third-order valence-corrected chi connectivity index (χ3v) is 3.03. The highest BCUT2D eigenvalue weighted by Gasteiger charge is 2.32. The number of aromatic nitrogens is 1. The molecule has 0 radical (unpaired) electrons. The zero-order valence-electron chi connectivity index (χ0n) is 11.8. The lowest BCUT2D eigenvalue weighted by atomic mass is 10.1. The number of benzene rings is 1. The van der Waals surface area contributed by atoms with Crippen molar-refractivity contribution in [2.45, 2.75) is 12.9 Å². The second-order valence-corrected chi connectivity index (χ2v) is 4.58. The molecule has 6 nitrogen and oxygen atoms in total. The van der Waals surface area contributed by atoms with E-state index in [0.29, 0.717) is 0 Å². The Balaban J connectivity index is 2.44. The SMILES string of the molecule is O=C(O)c1cn(CCOCCO)c2c(OC(F)(F)F)cccc12. The summed E-state index contributed by atoms with van der Waals surface area (Å²) in [5.41, 5.74) is -0.107. The van der Waals surface area contributed by atoms with Gasteiger partial charge < -0.3 is 24.3 Å². The molecule has 9 heteroatoms. The molecule has 23 heavy (non-hydrogen) atoms. The molecule has 1 aromatic carbocycles. The molecule has 2 rings (SSSR count). The van der Waals surface area contributed by atoms with Crippen LogP contribution in [0.1, 0.15) is 10.4 Å². The maximum Gasteiger partial charge on any atom is 0.573 e. The Morgan fingerprint density at radius 3 is 2.61 bits per heavy atom. The van der Waals surface area contributed by atoms with Crippen LogP contribution in [0, 0.1) is 0 Å². The molecule has 0 aliphatic rings. The average molecular weight is 333 g/mol. The number of hydrogen-bond donors (Lipinski definition) is 2. The quantitative estimate of drug-likeness (QED) is 0.760. The number of rotatable bonds is 7. The second kappa shape index (κ2) is 6.88. The molecule has 0 fully saturated rings. The molecule has 0 spiro atoms. The number of aromatic carboxylic acids is 1. The number of carbonyl (C=O) groups is 1. The van der Waals surface area contributed by atoms with Gasteiger partial charge in [-0.05, 0) is 6.07 Å². The summed E-state index contributed by atoms with van der Waals surface area (Å²) in [6.45, 7) is 0.109. The zero-order chi connectivity index (χ0) is 17.0. The lowest BCUT2D eigenvalue weighted by Crippen LogP contribution is -2.18. The first-order chi connectivity index (χ1) is 10.8. The van der Waals surface area contributed by atoms with E-state index in [1.165, 1.54) is 22.9 Å². The van der Waals surface area contributed by atoms with Gasteiger partial charge in [0.05, 0.1) is 30.9 Å². The van der Waals surface area contributed by atoms with Crippen molar-refractivity contribution >= 4 is 16.9 Å². The van der Waals surface area contributed by atoms with Crippen LogP contribution in [0.3, 0.4) is 0 Å². The van der Waals surface area contributed by atoms with E-state index in [9.17, 15) is 23.1 Å². The molecular weight excluding hydrogens is 319 g/mol. The van der Waals surface area contributed by atoms with Gasteiger partial charge in [0.2, 0.25) is 0 Å². The first-order valence-corrected chi connectivity index (χ1v) is 6.63. The molecule has 0 aliphatic carbocycles. The minimum atomic E-state index is -4.89. The lowest BCUT2D eigenvalue weighted by molar-refractivity contribution is -0.274. The van der Waals surface area contributed by atoms with E-state index in [0.717, 1.165) is 6.07 Å². The smallest absolute Gasteiger partial charge is 0.478 e. The van der Waals surface area contributed by atoms with Gasteiger partial charge in [-0.1, -0.05) is 12.1 Å². The standard InChI is InChI=1S/C14H14F3NO5/c15-14(16,17)23-11-3-1-2-9-10(13(20)21)8-18(12(9)11)4-6-22-7-5-19/h1-3,8,19H,4-7H2,(H,20,21). The van der Waals surface area contributed by atoms with Crippen molar-refractivity contribution in [3.8, 4) is 5.75 Å². The molecule has 0 aliphatic heterocycles. The molecular formula is C14H14F3NO5. The number of alkyl halides is 3. The fourth-order valence-corrected chi connectivity index (χ4v) is 2.21. The number of aliphatic hydroxyl groups is 1. The number of nitrogens with zero attached hydrogens (tertiary/aromatic N) is 1. The van der Waals surface area contributed by atoms with Crippen LogP contribution in [-0.4, -0.2) is 46.9 Å². The molecule has 0 bridgehead atoms. The van der Waals surface area contributed by atoms with E-state index in [1.54, 1.807) is 0 Å². The van der Waals surface area contributed by atoms with Gasteiger partial charge in [-0.15, -0.1) is 13.2 Å². The Labute approximate surface area is 128 Å². The van der Waals surface area contributed by atoms with Crippen LogP contribution in [0.5, 0.6) is 5.75 Å². The Hall–Kier alpha value is -2.26. The van der Waals surface area contributed by atoms with Crippen LogP contribution >= 0.6 is 0 Å². The minimum Gasteiger partial charge on any atom is -0.478 e. The van der Waals surface area contributed by atoms with E-state index in [2.05, 4.69) is 4.74 Å². The van der Waals surface area contributed by atoms with Crippen molar-refractivity contribution in [3.05, 3.63) is 30.0 Å². The Bertz CT molecular complexity index is 696. The Morgan fingerprint density at radius 2 is 2.00 bits per heavy atom. The highest BCUT2D eigenvalue weighted by atomic mass is 19.4. The molecule has 2 aromatic rings. The number of carboxylic acid groups (broad SMARTS) is 1. The predicted molar refractivity (Wildman–Crippen MR) is 73.5 cm³/mol. The molecule has 2 N–H and O–H groups in total. The van der Waals surface area contributed by atoms with Crippen molar-refractivity contribution in [2.75, 3.05) is 19.8 Å². The summed E-state index contributed by atoms with van der Waals surface area (Å²) in [5, 5.41) is 18.0. The van der Waals surface area contributed by atoms with Crippen molar-refractivity contribution in [2.24, 2.45) is 0 Å². The minimum absolute atomic E-state index is 0.0230. The first-order valence-electron chi connectivity index (χ1n) is 6.63. The molecule has 126 valence electrons. The van der Waals surface area contributed by atoms with Gasteiger partial charge in [-0.3, -0.25) is 0 Å².